The SMILES string of the molecule is CN1CCN(C(=O)[C@@H]2CCC[C@@H](NC3CCOCC3)CN(C)C(=O)C2)CC1. The second kappa shape index (κ2) is 9.85. The summed E-state index contributed by atoms with van der Waals surface area (Å²) in [7, 11) is 3.97. The second-order valence-corrected chi connectivity index (χ2v) is 8.49. The zero-order valence-electron chi connectivity index (χ0n) is 17.0. The number of rotatable bonds is 3. The molecule has 0 aromatic heterocycles. The Morgan fingerprint density at radius 1 is 1.00 bits per heavy atom. The number of likely N-dealkylation sites (N-methyl/N-ethyl adjacent to an activating group) is 2. The third kappa shape index (κ3) is 5.90. The van der Waals surface area contributed by atoms with Crippen molar-refractivity contribution in [1.82, 2.24) is 20.0 Å². The molecule has 3 fully saturated rings. The van der Waals surface area contributed by atoms with E-state index < -0.39 is 0 Å². The van der Waals surface area contributed by atoms with Gasteiger partial charge in [0.05, 0.1) is 0 Å². The van der Waals surface area contributed by atoms with Gasteiger partial charge in [0, 0.05) is 77.4 Å². The van der Waals surface area contributed by atoms with E-state index in [0.29, 0.717) is 18.5 Å². The summed E-state index contributed by atoms with van der Waals surface area (Å²) in [6, 6.07) is 0.787. The Bertz CT molecular complexity index is 501. The molecular weight excluding hydrogens is 344 g/mol. The summed E-state index contributed by atoms with van der Waals surface area (Å²) >= 11 is 0. The summed E-state index contributed by atoms with van der Waals surface area (Å²) < 4.78 is 5.45. The summed E-state index contributed by atoms with van der Waals surface area (Å²) in [5.74, 6) is 0.119. The molecule has 0 aromatic rings. The maximum absolute atomic E-state index is 13.0. The lowest BCUT2D eigenvalue weighted by molar-refractivity contribution is -0.142. The van der Waals surface area contributed by atoms with Crippen LogP contribution in [0.15, 0.2) is 0 Å². The number of hydrogen-bond acceptors (Lipinski definition) is 5. The van der Waals surface area contributed by atoms with E-state index in [1.54, 1.807) is 0 Å². The van der Waals surface area contributed by atoms with Gasteiger partial charge in [-0.3, -0.25) is 9.59 Å². The van der Waals surface area contributed by atoms with Gasteiger partial charge in [0.1, 0.15) is 0 Å². The van der Waals surface area contributed by atoms with Gasteiger partial charge in [0.2, 0.25) is 11.8 Å². The molecule has 0 saturated carbocycles. The largest absolute Gasteiger partial charge is 0.381 e. The maximum atomic E-state index is 13.0. The van der Waals surface area contributed by atoms with Gasteiger partial charge >= 0.3 is 0 Å². The van der Waals surface area contributed by atoms with Gasteiger partial charge in [0.25, 0.3) is 0 Å². The number of nitrogens with zero attached hydrogens (tertiary/aromatic N) is 3. The van der Waals surface area contributed by atoms with E-state index in [4.69, 9.17) is 4.74 Å². The molecule has 3 aliphatic heterocycles. The standard InChI is InChI=1S/C20H36N4O3/c1-22-8-10-24(11-9-22)20(26)16-4-3-5-18(15-23(2)19(25)14-16)21-17-6-12-27-13-7-17/h16-18,21H,3-15H2,1-2H3/t16-,18-/m1/s1. The fraction of sp³-hybridized carbons (Fsp3) is 0.900. The molecule has 2 atom stereocenters. The molecule has 3 rings (SSSR count). The van der Waals surface area contributed by atoms with Crippen molar-refractivity contribution in [2.24, 2.45) is 5.92 Å². The average Bonchev–Trinajstić information content (AvgIpc) is 2.73. The molecule has 0 aliphatic carbocycles. The van der Waals surface area contributed by atoms with Crippen molar-refractivity contribution in [3.05, 3.63) is 0 Å². The number of carbonyl (C=O) groups is 2. The topological polar surface area (TPSA) is 65.1 Å². The van der Waals surface area contributed by atoms with E-state index in [0.717, 1.165) is 78.0 Å². The minimum absolute atomic E-state index is 0.100. The van der Waals surface area contributed by atoms with Crippen molar-refractivity contribution in [1.29, 1.82) is 0 Å². The number of ether oxygens (including phenoxy) is 1. The molecule has 27 heavy (non-hydrogen) atoms. The smallest absolute Gasteiger partial charge is 0.226 e. The molecule has 154 valence electrons. The van der Waals surface area contributed by atoms with Crippen LogP contribution in [0.1, 0.15) is 38.5 Å². The minimum Gasteiger partial charge on any atom is -0.381 e. The lowest BCUT2D eigenvalue weighted by atomic mass is 9.95. The lowest BCUT2D eigenvalue weighted by Gasteiger charge is -2.34. The van der Waals surface area contributed by atoms with Gasteiger partial charge in [-0.1, -0.05) is 6.42 Å². The minimum atomic E-state index is -0.162. The van der Waals surface area contributed by atoms with E-state index in [2.05, 4.69) is 17.3 Å². The van der Waals surface area contributed by atoms with Gasteiger partial charge < -0.3 is 24.8 Å². The molecule has 7 nitrogen and oxygen atoms in total. The summed E-state index contributed by atoms with van der Waals surface area (Å²) in [5.41, 5.74) is 0. The second-order valence-electron chi connectivity index (χ2n) is 8.49. The number of carbonyl (C=O) groups excluding carboxylic acids is 2. The van der Waals surface area contributed by atoms with Crippen molar-refractivity contribution in [2.45, 2.75) is 50.6 Å². The van der Waals surface area contributed by atoms with Gasteiger partial charge in [-0.05, 0) is 32.7 Å². The molecule has 7 heteroatoms. The fourth-order valence-corrected chi connectivity index (χ4v) is 4.43. The van der Waals surface area contributed by atoms with Gasteiger partial charge in [-0.15, -0.1) is 0 Å². The fourth-order valence-electron chi connectivity index (χ4n) is 4.43. The van der Waals surface area contributed by atoms with Crippen molar-refractivity contribution in [3.63, 3.8) is 0 Å². The summed E-state index contributed by atoms with van der Waals surface area (Å²) in [5, 5.41) is 3.74. The number of hydrogen-bond donors (Lipinski definition) is 1. The molecule has 0 unspecified atom stereocenters. The van der Waals surface area contributed by atoms with Crippen LogP contribution in [-0.4, -0.2) is 98.6 Å². The Balaban J connectivity index is 1.57. The van der Waals surface area contributed by atoms with Crippen LogP contribution in [-0.2, 0) is 14.3 Å². The molecule has 2 amide bonds. The van der Waals surface area contributed by atoms with Crippen LogP contribution in [0.2, 0.25) is 0 Å². The Morgan fingerprint density at radius 2 is 1.70 bits per heavy atom. The first-order chi connectivity index (χ1) is 13.0. The van der Waals surface area contributed by atoms with Crippen LogP contribution < -0.4 is 5.32 Å². The lowest BCUT2D eigenvalue weighted by Crippen LogP contribution is -2.49. The van der Waals surface area contributed by atoms with Crippen LogP contribution >= 0.6 is 0 Å². The Hall–Kier alpha value is -1.18. The maximum Gasteiger partial charge on any atom is 0.226 e. The van der Waals surface area contributed by atoms with Crippen molar-refractivity contribution < 1.29 is 14.3 Å². The van der Waals surface area contributed by atoms with Gasteiger partial charge in [-0.25, -0.2) is 0 Å². The predicted octanol–water partition coefficient (Wildman–Crippen LogP) is 0.546. The van der Waals surface area contributed by atoms with E-state index in [9.17, 15) is 9.59 Å². The zero-order chi connectivity index (χ0) is 19.2. The first kappa shape index (κ1) is 20.6. The molecule has 3 saturated heterocycles. The van der Waals surface area contributed by atoms with E-state index >= 15 is 0 Å². The van der Waals surface area contributed by atoms with E-state index in [1.165, 1.54) is 0 Å². The molecular formula is C20H36N4O3. The Kier molecular flexibility index (Phi) is 7.49. The van der Waals surface area contributed by atoms with Crippen molar-refractivity contribution >= 4 is 11.8 Å². The van der Waals surface area contributed by atoms with E-state index in [1.807, 2.05) is 16.8 Å². The first-order valence-corrected chi connectivity index (χ1v) is 10.6. The highest BCUT2D eigenvalue weighted by Crippen LogP contribution is 2.22. The highest BCUT2D eigenvalue weighted by molar-refractivity contribution is 5.86. The monoisotopic (exact) mass is 380 g/mol. The molecule has 3 aliphatic rings. The normalized spacial score (nSPS) is 29.9. The van der Waals surface area contributed by atoms with E-state index in [-0.39, 0.29) is 17.7 Å². The number of piperazine rings is 1. The Morgan fingerprint density at radius 3 is 2.41 bits per heavy atom. The molecule has 0 aromatic carbocycles. The van der Waals surface area contributed by atoms with Gasteiger partial charge in [0.15, 0.2) is 0 Å². The van der Waals surface area contributed by atoms with Crippen LogP contribution in [0.4, 0.5) is 0 Å². The molecule has 0 bridgehead atoms. The highest BCUT2D eigenvalue weighted by Gasteiger charge is 2.31. The quantitative estimate of drug-likeness (QED) is 0.775. The number of nitrogens with one attached hydrogen (secondary N) is 1. The summed E-state index contributed by atoms with van der Waals surface area (Å²) in [6.45, 7) is 5.77. The van der Waals surface area contributed by atoms with Crippen LogP contribution in [0, 0.1) is 5.92 Å². The van der Waals surface area contributed by atoms with Crippen molar-refractivity contribution in [2.75, 3.05) is 60.0 Å². The third-order valence-electron chi connectivity index (χ3n) is 6.30. The Labute approximate surface area is 163 Å². The number of amides is 2. The molecule has 1 N–H and O–H groups in total. The average molecular weight is 381 g/mol. The predicted molar refractivity (Wildman–Crippen MR) is 104 cm³/mol. The zero-order valence-corrected chi connectivity index (χ0v) is 17.0. The van der Waals surface area contributed by atoms with Gasteiger partial charge in [-0.2, -0.15) is 0 Å². The molecule has 3 heterocycles. The molecule has 0 radical (unpaired) electrons. The van der Waals surface area contributed by atoms with Crippen LogP contribution in [0.25, 0.3) is 0 Å². The van der Waals surface area contributed by atoms with Crippen LogP contribution in [0.5, 0.6) is 0 Å². The highest BCUT2D eigenvalue weighted by atomic mass is 16.5. The summed E-state index contributed by atoms with van der Waals surface area (Å²) in [6.07, 6.45) is 5.26. The third-order valence-corrected chi connectivity index (χ3v) is 6.30. The van der Waals surface area contributed by atoms with Crippen LogP contribution in [0.3, 0.4) is 0 Å². The van der Waals surface area contributed by atoms with Crippen molar-refractivity contribution in [3.8, 4) is 0 Å². The summed E-state index contributed by atoms with van der Waals surface area (Å²) in [4.78, 5) is 31.7. The molecule has 0 spiro atoms. The first-order valence-electron chi connectivity index (χ1n) is 10.6.